The summed E-state index contributed by atoms with van der Waals surface area (Å²) in [6.45, 7) is 0.103. The third kappa shape index (κ3) is 4.27. The van der Waals surface area contributed by atoms with Crippen LogP contribution in [0.25, 0.3) is 10.2 Å². The number of rotatable bonds is 6. The number of carbonyl (C=O) groups is 1. The molecule has 7 heteroatoms. The molecule has 2 heterocycles. The van der Waals surface area contributed by atoms with Crippen LogP contribution in [0.2, 0.25) is 0 Å². The minimum Gasteiger partial charge on any atom is -0.467 e. The van der Waals surface area contributed by atoms with Gasteiger partial charge in [-0.1, -0.05) is 72.0 Å². The molecule has 2 aromatic heterocycles. The van der Waals surface area contributed by atoms with Gasteiger partial charge in [-0.05, 0) is 29.3 Å². The third-order valence-electron chi connectivity index (χ3n) is 5.31. The van der Waals surface area contributed by atoms with Gasteiger partial charge in [-0.25, -0.2) is 13.8 Å². The number of hydrogen-bond donors (Lipinski definition) is 0. The van der Waals surface area contributed by atoms with Crippen LogP contribution in [0.15, 0.2) is 95.6 Å². The summed E-state index contributed by atoms with van der Waals surface area (Å²) in [5.41, 5.74) is 1.66. The number of amides is 1. The van der Waals surface area contributed by atoms with Crippen molar-refractivity contribution in [2.24, 2.45) is 0 Å². The van der Waals surface area contributed by atoms with E-state index in [1.807, 2.05) is 60.7 Å². The molecular weight excluding hydrogens is 442 g/mol. The van der Waals surface area contributed by atoms with Gasteiger partial charge in [0.1, 0.15) is 17.1 Å². The largest absolute Gasteiger partial charge is 0.467 e. The number of hydrogen-bond acceptors (Lipinski definition) is 4. The first-order valence-electron chi connectivity index (χ1n) is 10.3. The fraction of sp³-hybridized carbons (Fsp3) is 0.0769. The molecule has 0 aliphatic heterocycles. The lowest BCUT2D eigenvalue weighted by Gasteiger charge is -2.25. The minimum atomic E-state index is -0.763. The average molecular weight is 461 g/mol. The highest BCUT2D eigenvalue weighted by Crippen LogP contribution is 2.35. The second-order valence-corrected chi connectivity index (χ2v) is 8.50. The molecule has 0 aliphatic carbocycles. The number of nitrogens with zero attached hydrogens (tertiary/aromatic N) is 2. The van der Waals surface area contributed by atoms with Crippen LogP contribution in [0.5, 0.6) is 0 Å². The van der Waals surface area contributed by atoms with Gasteiger partial charge in [-0.2, -0.15) is 0 Å². The van der Waals surface area contributed by atoms with Gasteiger partial charge in [0.15, 0.2) is 10.9 Å². The smallest absolute Gasteiger partial charge is 0.241 e. The summed E-state index contributed by atoms with van der Waals surface area (Å²) in [4.78, 5) is 19.9. The van der Waals surface area contributed by atoms with E-state index in [9.17, 15) is 13.6 Å². The maximum absolute atomic E-state index is 14.4. The Bertz CT molecular complexity index is 1350. The molecule has 0 atom stereocenters. The Kier molecular flexibility index (Phi) is 5.71. The van der Waals surface area contributed by atoms with Gasteiger partial charge in [0, 0.05) is 6.07 Å². The Hall–Kier alpha value is -3.84. The first-order valence-corrected chi connectivity index (χ1v) is 11.1. The van der Waals surface area contributed by atoms with Gasteiger partial charge in [0.2, 0.25) is 5.91 Å². The predicted octanol–water partition coefficient (Wildman–Crippen LogP) is 6.53. The van der Waals surface area contributed by atoms with Gasteiger partial charge in [0.05, 0.1) is 23.4 Å². The highest BCUT2D eigenvalue weighted by Gasteiger charge is 2.31. The molecule has 0 unspecified atom stereocenters. The number of fused-ring (bicyclic) bond motifs is 1. The molecule has 0 N–H and O–H groups in total. The van der Waals surface area contributed by atoms with Crippen molar-refractivity contribution < 1.29 is 18.0 Å². The first-order chi connectivity index (χ1) is 16.1. The van der Waals surface area contributed by atoms with Crippen molar-refractivity contribution in [2.75, 3.05) is 4.90 Å². The highest BCUT2D eigenvalue weighted by molar-refractivity contribution is 7.22. The van der Waals surface area contributed by atoms with E-state index in [2.05, 4.69) is 4.98 Å². The Morgan fingerprint density at radius 3 is 2.21 bits per heavy atom. The molecule has 0 aliphatic rings. The number of furan rings is 1. The molecule has 5 rings (SSSR count). The van der Waals surface area contributed by atoms with Crippen molar-refractivity contribution in [1.82, 2.24) is 4.98 Å². The van der Waals surface area contributed by atoms with Gasteiger partial charge >= 0.3 is 0 Å². The molecule has 164 valence electrons. The number of anilines is 1. The lowest BCUT2D eigenvalue weighted by molar-refractivity contribution is -0.119. The topological polar surface area (TPSA) is 46.3 Å². The van der Waals surface area contributed by atoms with Crippen LogP contribution in [0.3, 0.4) is 0 Å². The molecule has 5 aromatic rings. The second kappa shape index (κ2) is 8.96. The first kappa shape index (κ1) is 21.0. The monoisotopic (exact) mass is 460 g/mol. The molecule has 4 nitrogen and oxygen atoms in total. The zero-order valence-corrected chi connectivity index (χ0v) is 18.1. The maximum atomic E-state index is 14.4. The Morgan fingerprint density at radius 1 is 0.939 bits per heavy atom. The van der Waals surface area contributed by atoms with E-state index in [1.54, 1.807) is 12.1 Å². The number of thiazole rings is 1. The summed E-state index contributed by atoms with van der Waals surface area (Å²) < 4.78 is 34.0. The number of benzene rings is 3. The fourth-order valence-electron chi connectivity index (χ4n) is 3.78. The van der Waals surface area contributed by atoms with E-state index in [0.717, 1.165) is 28.5 Å². The highest BCUT2D eigenvalue weighted by atomic mass is 32.1. The van der Waals surface area contributed by atoms with Crippen LogP contribution < -0.4 is 4.90 Å². The molecule has 33 heavy (non-hydrogen) atoms. The van der Waals surface area contributed by atoms with E-state index >= 15 is 0 Å². The molecule has 3 aromatic carbocycles. The molecule has 0 fully saturated rings. The quantitative estimate of drug-likeness (QED) is 0.289. The van der Waals surface area contributed by atoms with Crippen molar-refractivity contribution in [3.8, 4) is 0 Å². The second-order valence-electron chi connectivity index (χ2n) is 7.49. The van der Waals surface area contributed by atoms with Gasteiger partial charge in [-0.3, -0.25) is 9.69 Å². The fourth-order valence-corrected chi connectivity index (χ4v) is 4.79. The van der Waals surface area contributed by atoms with E-state index in [4.69, 9.17) is 4.42 Å². The third-order valence-corrected chi connectivity index (χ3v) is 6.33. The summed E-state index contributed by atoms with van der Waals surface area (Å²) in [5.74, 6) is -1.76. The number of halogens is 2. The van der Waals surface area contributed by atoms with Crippen molar-refractivity contribution in [1.29, 1.82) is 0 Å². The Labute approximate surface area is 192 Å². The van der Waals surface area contributed by atoms with Crippen molar-refractivity contribution in [3.63, 3.8) is 0 Å². The standard InChI is InChI=1S/C26H18F2N2O2S/c27-19-14-21(28)24-22(15-19)33-26(29-24)30(16-20-12-7-13-32-20)25(31)23(17-8-3-1-4-9-17)18-10-5-2-6-11-18/h1-15,23H,16H2. The zero-order chi connectivity index (χ0) is 22.8. The molecule has 0 saturated carbocycles. The van der Waals surface area contributed by atoms with Crippen molar-refractivity contribution >= 4 is 32.6 Å². The van der Waals surface area contributed by atoms with Crippen LogP contribution in [0, 0.1) is 11.6 Å². The zero-order valence-electron chi connectivity index (χ0n) is 17.3. The Balaban J connectivity index is 1.64. The van der Waals surface area contributed by atoms with Crippen LogP contribution in [0.4, 0.5) is 13.9 Å². The van der Waals surface area contributed by atoms with Gasteiger partial charge < -0.3 is 4.42 Å². The summed E-state index contributed by atoms with van der Waals surface area (Å²) in [7, 11) is 0. The average Bonchev–Trinajstić information content (AvgIpc) is 3.49. The summed E-state index contributed by atoms with van der Waals surface area (Å²) in [6, 6.07) is 24.4. The summed E-state index contributed by atoms with van der Waals surface area (Å²) in [5, 5.41) is 0.271. The van der Waals surface area contributed by atoms with E-state index in [0.29, 0.717) is 10.5 Å². The van der Waals surface area contributed by atoms with Crippen LogP contribution in [-0.4, -0.2) is 10.9 Å². The van der Waals surface area contributed by atoms with E-state index in [-0.39, 0.29) is 23.1 Å². The normalized spacial score (nSPS) is 11.2. The van der Waals surface area contributed by atoms with Crippen molar-refractivity contribution in [2.45, 2.75) is 12.5 Å². The lowest BCUT2D eigenvalue weighted by atomic mass is 9.90. The summed E-state index contributed by atoms with van der Waals surface area (Å²) >= 11 is 1.06. The molecule has 0 spiro atoms. The maximum Gasteiger partial charge on any atom is 0.241 e. The van der Waals surface area contributed by atoms with E-state index in [1.165, 1.54) is 17.2 Å². The van der Waals surface area contributed by atoms with Crippen molar-refractivity contribution in [3.05, 3.63) is 120 Å². The predicted molar refractivity (Wildman–Crippen MR) is 124 cm³/mol. The van der Waals surface area contributed by atoms with Crippen LogP contribution >= 0.6 is 11.3 Å². The summed E-state index contributed by atoms with van der Waals surface area (Å²) in [6.07, 6.45) is 1.53. The van der Waals surface area contributed by atoms with Crippen LogP contribution in [-0.2, 0) is 11.3 Å². The molecule has 1 amide bonds. The van der Waals surface area contributed by atoms with E-state index < -0.39 is 17.6 Å². The lowest BCUT2D eigenvalue weighted by Crippen LogP contribution is -2.35. The molecular formula is C26H18F2N2O2S. The van der Waals surface area contributed by atoms with Crippen LogP contribution in [0.1, 0.15) is 22.8 Å². The SMILES string of the molecule is O=C(C(c1ccccc1)c1ccccc1)N(Cc1ccco1)c1nc2c(F)cc(F)cc2s1. The minimum absolute atomic E-state index is 0.0321. The van der Waals surface area contributed by atoms with Gasteiger partial charge in [-0.15, -0.1) is 0 Å². The molecule has 0 bridgehead atoms. The number of carbonyl (C=O) groups excluding carboxylic acids is 1. The molecule has 0 radical (unpaired) electrons. The van der Waals surface area contributed by atoms with Gasteiger partial charge in [0.25, 0.3) is 0 Å². The molecule has 0 saturated heterocycles. The Morgan fingerprint density at radius 2 is 1.61 bits per heavy atom. The number of aromatic nitrogens is 1.